The quantitative estimate of drug-likeness (QED) is 0.199. The molecule has 1 fully saturated rings. The highest BCUT2D eigenvalue weighted by atomic mass is 16.5. The minimum Gasteiger partial charge on any atom is -0.497 e. The number of anilines is 1. The number of aromatic nitrogens is 3. The van der Waals surface area contributed by atoms with Crippen molar-refractivity contribution >= 4 is 28.4 Å². The topological polar surface area (TPSA) is 122 Å². The van der Waals surface area contributed by atoms with E-state index in [0.29, 0.717) is 71.8 Å². The van der Waals surface area contributed by atoms with Crippen LogP contribution in [0.15, 0.2) is 37.1 Å². The van der Waals surface area contributed by atoms with Gasteiger partial charge in [-0.25, -0.2) is 4.98 Å². The first-order valence-corrected chi connectivity index (χ1v) is 12.2. The fourth-order valence-corrected chi connectivity index (χ4v) is 4.54. The van der Waals surface area contributed by atoms with Crippen molar-refractivity contribution in [3.05, 3.63) is 53.9 Å². The normalized spacial score (nSPS) is 14.7. The first kappa shape index (κ1) is 26.7. The Morgan fingerprint density at radius 3 is 2.58 bits per heavy atom. The molecule has 1 amide bonds. The van der Waals surface area contributed by atoms with Crippen molar-refractivity contribution in [2.75, 3.05) is 46.8 Å². The molecule has 10 heteroatoms. The third kappa shape index (κ3) is 5.48. The number of ether oxygens (including phenoxy) is 3. The summed E-state index contributed by atoms with van der Waals surface area (Å²) in [5.41, 5.74) is 8.38. The van der Waals surface area contributed by atoms with Gasteiger partial charge in [-0.2, -0.15) is 5.10 Å². The molecule has 0 spiro atoms. The molecule has 1 atom stereocenters. The van der Waals surface area contributed by atoms with Crippen LogP contribution in [0.25, 0.3) is 10.9 Å². The van der Waals surface area contributed by atoms with Crippen LogP contribution in [0.2, 0.25) is 0 Å². The van der Waals surface area contributed by atoms with E-state index in [2.05, 4.69) is 23.4 Å². The molecule has 0 saturated carbocycles. The maximum Gasteiger partial charge on any atom is 0.246 e. The van der Waals surface area contributed by atoms with Gasteiger partial charge in [-0.05, 0) is 37.0 Å². The summed E-state index contributed by atoms with van der Waals surface area (Å²) >= 11 is 0. The van der Waals surface area contributed by atoms with Crippen LogP contribution in [-0.2, 0) is 9.53 Å². The lowest BCUT2D eigenvalue weighted by Crippen LogP contribution is -2.27. The van der Waals surface area contributed by atoms with E-state index in [9.17, 15) is 9.59 Å². The van der Waals surface area contributed by atoms with Crippen LogP contribution < -0.4 is 15.2 Å². The number of carbonyl (C=O) groups excluding carboxylic acids is 2. The zero-order chi connectivity index (χ0) is 27.2. The third-order valence-electron chi connectivity index (χ3n) is 6.48. The molecule has 0 radical (unpaired) electrons. The van der Waals surface area contributed by atoms with Crippen LogP contribution in [0, 0.1) is 11.8 Å². The van der Waals surface area contributed by atoms with Crippen LogP contribution in [0.4, 0.5) is 5.82 Å². The Hall–Kier alpha value is -4.36. The first-order valence-electron chi connectivity index (χ1n) is 12.2. The number of likely N-dealkylation sites (tertiary alicyclic amines) is 1. The first-order chi connectivity index (χ1) is 18.4. The van der Waals surface area contributed by atoms with E-state index in [1.54, 1.807) is 49.1 Å². The second-order valence-corrected chi connectivity index (χ2v) is 8.88. The van der Waals surface area contributed by atoms with E-state index in [4.69, 9.17) is 25.0 Å². The molecule has 0 bridgehead atoms. The molecule has 0 unspecified atom stereocenters. The SMILES string of the molecule is C=CC(=O)N1CC[C@H](n2nc(C#Cc3cc(OC)cc(OC)c3)c3c(N)ncc(C(=O)CCCOC)c32)C1. The predicted molar refractivity (Wildman–Crippen MR) is 143 cm³/mol. The minimum atomic E-state index is -0.166. The lowest BCUT2D eigenvalue weighted by atomic mass is 10.0. The molecule has 1 saturated heterocycles. The molecule has 2 aromatic heterocycles. The highest BCUT2D eigenvalue weighted by Gasteiger charge is 2.31. The molecule has 198 valence electrons. The van der Waals surface area contributed by atoms with Gasteiger partial charge in [0.05, 0.1) is 36.7 Å². The van der Waals surface area contributed by atoms with Gasteiger partial charge in [0.25, 0.3) is 0 Å². The standard InChI is InChI=1S/C28H31N5O5/c1-5-25(35)32-11-10-19(17-32)33-27-22(24(34)7-6-12-36-2)16-30-28(29)26(27)23(31-33)9-8-18-13-20(37-3)15-21(14-18)38-4/h5,13-16,19H,1,6-7,10-12,17H2,2-4H3,(H2,29,30)/t19-/m0/s1. The van der Waals surface area contributed by atoms with E-state index in [-0.39, 0.29) is 30.0 Å². The number of fused-ring (bicyclic) bond motifs is 1. The van der Waals surface area contributed by atoms with Gasteiger partial charge in [-0.15, -0.1) is 0 Å². The highest BCUT2D eigenvalue weighted by Crippen LogP contribution is 2.33. The van der Waals surface area contributed by atoms with E-state index in [1.807, 2.05) is 0 Å². The maximum absolute atomic E-state index is 13.2. The molecule has 38 heavy (non-hydrogen) atoms. The largest absolute Gasteiger partial charge is 0.497 e. The molecule has 3 heterocycles. The summed E-state index contributed by atoms with van der Waals surface area (Å²) in [6.45, 7) is 5.05. The van der Waals surface area contributed by atoms with E-state index in [0.717, 1.165) is 0 Å². The number of hydrogen-bond acceptors (Lipinski definition) is 8. The fourth-order valence-electron chi connectivity index (χ4n) is 4.54. The van der Waals surface area contributed by atoms with Crippen molar-refractivity contribution < 1.29 is 23.8 Å². The van der Waals surface area contributed by atoms with E-state index < -0.39 is 0 Å². The number of ketones is 1. The number of nitrogens with two attached hydrogens (primary N) is 1. The fraction of sp³-hybridized carbons (Fsp3) is 0.357. The van der Waals surface area contributed by atoms with Crippen molar-refractivity contribution in [2.24, 2.45) is 0 Å². The predicted octanol–water partition coefficient (Wildman–Crippen LogP) is 3.00. The summed E-state index contributed by atoms with van der Waals surface area (Å²) < 4.78 is 17.6. The Bertz CT molecular complexity index is 1410. The minimum absolute atomic E-state index is 0.0882. The smallest absolute Gasteiger partial charge is 0.246 e. The van der Waals surface area contributed by atoms with Gasteiger partial charge in [-0.3, -0.25) is 14.3 Å². The summed E-state index contributed by atoms with van der Waals surface area (Å²) in [4.78, 5) is 31.5. The number of carbonyl (C=O) groups is 2. The Morgan fingerprint density at radius 1 is 1.18 bits per heavy atom. The molecule has 0 aliphatic carbocycles. The average Bonchev–Trinajstić information content (AvgIpc) is 3.57. The summed E-state index contributed by atoms with van der Waals surface area (Å²) in [6, 6.07) is 5.17. The number of methoxy groups -OCH3 is 3. The van der Waals surface area contributed by atoms with Crippen molar-refractivity contribution in [2.45, 2.75) is 25.3 Å². The maximum atomic E-state index is 13.2. The highest BCUT2D eigenvalue weighted by molar-refractivity contribution is 6.10. The van der Waals surface area contributed by atoms with Gasteiger partial charge in [0, 0.05) is 51.1 Å². The molecule has 1 aliphatic heterocycles. The monoisotopic (exact) mass is 517 g/mol. The molecular formula is C28H31N5O5. The zero-order valence-corrected chi connectivity index (χ0v) is 21.8. The number of Topliss-reactive ketones (excluding diaryl/α,β-unsaturated/α-hetero) is 1. The Balaban J connectivity index is 1.84. The number of nitrogens with zero attached hydrogens (tertiary/aromatic N) is 4. The van der Waals surface area contributed by atoms with Crippen molar-refractivity contribution in [1.82, 2.24) is 19.7 Å². The van der Waals surface area contributed by atoms with E-state index in [1.165, 1.54) is 12.3 Å². The number of nitrogen functional groups attached to an aromatic ring is 1. The summed E-state index contributed by atoms with van der Waals surface area (Å²) in [5, 5.41) is 5.32. The van der Waals surface area contributed by atoms with Gasteiger partial charge in [0.15, 0.2) is 5.78 Å². The zero-order valence-electron chi connectivity index (χ0n) is 21.8. The van der Waals surface area contributed by atoms with Crippen LogP contribution >= 0.6 is 0 Å². The van der Waals surface area contributed by atoms with Crippen LogP contribution in [0.5, 0.6) is 11.5 Å². The molecular weight excluding hydrogens is 486 g/mol. The summed E-state index contributed by atoms with van der Waals surface area (Å²) in [7, 11) is 4.74. The number of pyridine rings is 1. The second-order valence-electron chi connectivity index (χ2n) is 8.88. The molecule has 2 N–H and O–H groups in total. The summed E-state index contributed by atoms with van der Waals surface area (Å²) in [5.74, 6) is 7.43. The third-order valence-corrected chi connectivity index (χ3v) is 6.48. The molecule has 3 aromatic rings. The molecule has 4 rings (SSSR count). The molecule has 10 nitrogen and oxygen atoms in total. The van der Waals surface area contributed by atoms with Gasteiger partial charge in [0.1, 0.15) is 23.0 Å². The van der Waals surface area contributed by atoms with Gasteiger partial charge in [-0.1, -0.05) is 12.5 Å². The second kappa shape index (κ2) is 11.8. The van der Waals surface area contributed by atoms with Crippen molar-refractivity contribution in [1.29, 1.82) is 0 Å². The number of amides is 1. The summed E-state index contributed by atoms with van der Waals surface area (Å²) in [6.07, 6.45) is 4.32. The van der Waals surface area contributed by atoms with Crippen LogP contribution in [-0.4, -0.2) is 72.4 Å². The Morgan fingerprint density at radius 2 is 1.92 bits per heavy atom. The number of hydrogen-bond donors (Lipinski definition) is 1. The van der Waals surface area contributed by atoms with Crippen molar-refractivity contribution in [3.8, 4) is 23.3 Å². The Labute approximate surface area is 221 Å². The average molecular weight is 518 g/mol. The lowest BCUT2D eigenvalue weighted by molar-refractivity contribution is -0.125. The van der Waals surface area contributed by atoms with Gasteiger partial charge < -0.3 is 24.8 Å². The van der Waals surface area contributed by atoms with Gasteiger partial charge >= 0.3 is 0 Å². The lowest BCUT2D eigenvalue weighted by Gasteiger charge is -2.16. The van der Waals surface area contributed by atoms with Crippen LogP contribution in [0.1, 0.15) is 46.9 Å². The number of rotatable bonds is 9. The number of benzene rings is 1. The van der Waals surface area contributed by atoms with E-state index >= 15 is 0 Å². The molecule has 1 aliphatic rings. The van der Waals surface area contributed by atoms with Crippen molar-refractivity contribution in [3.63, 3.8) is 0 Å². The van der Waals surface area contributed by atoms with Gasteiger partial charge in [0.2, 0.25) is 5.91 Å². The van der Waals surface area contributed by atoms with Crippen LogP contribution in [0.3, 0.4) is 0 Å². The molecule has 1 aromatic carbocycles. The Kier molecular flexibility index (Phi) is 8.28.